The molecule has 0 bridgehead atoms. The number of hydrogen-bond donors (Lipinski definition) is 1. The van der Waals surface area contributed by atoms with Crippen molar-refractivity contribution >= 4 is 0 Å². The zero-order valence-electron chi connectivity index (χ0n) is 13.2. The van der Waals surface area contributed by atoms with Crippen LogP contribution in [-0.2, 0) is 6.42 Å². The first-order valence-electron chi connectivity index (χ1n) is 8.09. The van der Waals surface area contributed by atoms with Crippen molar-refractivity contribution in [3.05, 3.63) is 29.3 Å². The second-order valence-electron chi connectivity index (χ2n) is 6.72. The number of nitrogens with two attached hydrogens (primary N) is 1. The van der Waals surface area contributed by atoms with E-state index in [2.05, 4.69) is 39.0 Å². The summed E-state index contributed by atoms with van der Waals surface area (Å²) in [5, 5.41) is 0. The van der Waals surface area contributed by atoms with Crippen LogP contribution < -0.4 is 10.5 Å². The Balaban J connectivity index is 1.87. The highest BCUT2D eigenvalue weighted by Crippen LogP contribution is 2.36. The predicted octanol–water partition coefficient (Wildman–Crippen LogP) is 4.76. The van der Waals surface area contributed by atoms with E-state index in [0.717, 1.165) is 18.6 Å². The summed E-state index contributed by atoms with van der Waals surface area (Å²) in [5.41, 5.74) is 8.84. The van der Waals surface area contributed by atoms with Crippen LogP contribution in [0.2, 0.25) is 0 Å². The summed E-state index contributed by atoms with van der Waals surface area (Å²) in [5.74, 6) is 1.04. The molecule has 2 rings (SSSR count). The van der Waals surface area contributed by atoms with E-state index in [1.165, 1.54) is 43.2 Å². The van der Waals surface area contributed by atoms with Crippen molar-refractivity contribution in [3.8, 4) is 5.75 Å². The monoisotopic (exact) mass is 275 g/mol. The highest BCUT2D eigenvalue weighted by atomic mass is 16.5. The van der Waals surface area contributed by atoms with E-state index in [1.54, 1.807) is 0 Å². The van der Waals surface area contributed by atoms with Gasteiger partial charge in [0.1, 0.15) is 11.4 Å². The zero-order chi connectivity index (χ0) is 14.6. The first-order valence-corrected chi connectivity index (χ1v) is 8.09. The quantitative estimate of drug-likeness (QED) is 0.728. The Hall–Kier alpha value is -1.02. The summed E-state index contributed by atoms with van der Waals surface area (Å²) < 4.78 is 5.91. The van der Waals surface area contributed by atoms with E-state index in [1.807, 2.05) is 0 Å². The molecular formula is C18H29NO. The molecule has 0 saturated heterocycles. The van der Waals surface area contributed by atoms with Crippen molar-refractivity contribution in [3.63, 3.8) is 0 Å². The summed E-state index contributed by atoms with van der Waals surface area (Å²) in [6.07, 6.45) is 8.61. The van der Waals surface area contributed by atoms with E-state index in [-0.39, 0.29) is 11.6 Å². The predicted molar refractivity (Wildman–Crippen MR) is 85.2 cm³/mol. The molecule has 0 saturated carbocycles. The molecule has 0 amide bonds. The largest absolute Gasteiger partial charge is 0.487 e. The minimum Gasteiger partial charge on any atom is -0.487 e. The van der Waals surface area contributed by atoms with Crippen molar-refractivity contribution in [1.29, 1.82) is 0 Å². The second-order valence-corrected chi connectivity index (χ2v) is 6.72. The topological polar surface area (TPSA) is 35.2 Å². The maximum absolute atomic E-state index is 6.33. The Morgan fingerprint density at radius 1 is 1.20 bits per heavy atom. The Labute approximate surface area is 123 Å². The Kier molecular flexibility index (Phi) is 5.09. The van der Waals surface area contributed by atoms with Crippen LogP contribution in [0.1, 0.15) is 76.5 Å². The summed E-state index contributed by atoms with van der Waals surface area (Å²) in [6.45, 7) is 6.53. The standard InChI is InChI=1S/C18H29NO/c1-4-5-6-7-8-9-16(19)14-10-11-17-15(12-14)13-18(2,3)20-17/h10-12,16H,4-9,13,19H2,1-3H3. The van der Waals surface area contributed by atoms with Crippen molar-refractivity contribution < 1.29 is 4.74 Å². The van der Waals surface area contributed by atoms with E-state index < -0.39 is 0 Å². The molecule has 112 valence electrons. The van der Waals surface area contributed by atoms with E-state index in [0.29, 0.717) is 0 Å². The van der Waals surface area contributed by atoms with Gasteiger partial charge in [-0.1, -0.05) is 51.2 Å². The highest BCUT2D eigenvalue weighted by Gasteiger charge is 2.30. The average Bonchev–Trinajstić information content (AvgIpc) is 2.70. The van der Waals surface area contributed by atoms with Crippen molar-refractivity contribution in [2.75, 3.05) is 0 Å². The lowest BCUT2D eigenvalue weighted by Crippen LogP contribution is -2.24. The van der Waals surface area contributed by atoms with Gasteiger partial charge in [0.25, 0.3) is 0 Å². The number of benzene rings is 1. The SMILES string of the molecule is CCCCCCCC(N)c1ccc2c(c1)CC(C)(C)O2. The van der Waals surface area contributed by atoms with Crippen molar-refractivity contribution in [2.24, 2.45) is 5.73 Å². The molecule has 0 aliphatic carbocycles. The lowest BCUT2D eigenvalue weighted by Gasteiger charge is -2.16. The number of fused-ring (bicyclic) bond motifs is 1. The maximum Gasteiger partial charge on any atom is 0.123 e. The molecule has 20 heavy (non-hydrogen) atoms. The molecule has 1 heterocycles. The maximum atomic E-state index is 6.33. The molecule has 0 aromatic heterocycles. The van der Waals surface area contributed by atoms with Crippen LogP contribution in [-0.4, -0.2) is 5.60 Å². The van der Waals surface area contributed by atoms with Crippen molar-refractivity contribution in [1.82, 2.24) is 0 Å². The van der Waals surface area contributed by atoms with E-state index >= 15 is 0 Å². The molecule has 1 aromatic rings. The van der Waals surface area contributed by atoms with Crippen LogP contribution >= 0.6 is 0 Å². The minimum atomic E-state index is -0.0643. The second kappa shape index (κ2) is 6.62. The van der Waals surface area contributed by atoms with E-state index in [9.17, 15) is 0 Å². The third kappa shape index (κ3) is 3.99. The average molecular weight is 275 g/mol. The molecule has 1 unspecified atom stereocenters. The summed E-state index contributed by atoms with van der Waals surface area (Å²) >= 11 is 0. The highest BCUT2D eigenvalue weighted by molar-refractivity contribution is 5.42. The van der Waals surface area contributed by atoms with Gasteiger partial charge in [0.15, 0.2) is 0 Å². The summed E-state index contributed by atoms with van der Waals surface area (Å²) in [6, 6.07) is 6.65. The smallest absolute Gasteiger partial charge is 0.123 e. The number of rotatable bonds is 7. The molecule has 2 nitrogen and oxygen atoms in total. The summed E-state index contributed by atoms with van der Waals surface area (Å²) in [4.78, 5) is 0. The number of hydrogen-bond acceptors (Lipinski definition) is 2. The molecule has 0 fully saturated rings. The fourth-order valence-electron chi connectivity index (χ4n) is 2.99. The number of unbranched alkanes of at least 4 members (excludes halogenated alkanes) is 4. The summed E-state index contributed by atoms with van der Waals surface area (Å²) in [7, 11) is 0. The van der Waals surface area contributed by atoms with Crippen LogP contribution in [0.5, 0.6) is 5.75 Å². The van der Waals surface area contributed by atoms with Gasteiger partial charge in [0, 0.05) is 12.5 Å². The Morgan fingerprint density at radius 3 is 2.70 bits per heavy atom. The fraction of sp³-hybridized carbons (Fsp3) is 0.667. The van der Waals surface area contributed by atoms with Gasteiger partial charge in [-0.2, -0.15) is 0 Å². The molecule has 0 radical (unpaired) electrons. The molecule has 1 atom stereocenters. The normalized spacial score (nSPS) is 17.6. The molecule has 2 N–H and O–H groups in total. The van der Waals surface area contributed by atoms with Crippen LogP contribution in [0.4, 0.5) is 0 Å². The van der Waals surface area contributed by atoms with Gasteiger partial charge in [-0.05, 0) is 37.5 Å². The van der Waals surface area contributed by atoms with Crippen LogP contribution in [0.25, 0.3) is 0 Å². The molecule has 1 aromatic carbocycles. The minimum absolute atomic E-state index is 0.0643. The Bertz CT molecular complexity index is 439. The van der Waals surface area contributed by atoms with Crippen LogP contribution in [0.15, 0.2) is 18.2 Å². The van der Waals surface area contributed by atoms with Gasteiger partial charge >= 0.3 is 0 Å². The molecule has 0 spiro atoms. The van der Waals surface area contributed by atoms with Gasteiger partial charge in [-0.15, -0.1) is 0 Å². The first-order chi connectivity index (χ1) is 9.52. The van der Waals surface area contributed by atoms with E-state index in [4.69, 9.17) is 10.5 Å². The fourth-order valence-corrected chi connectivity index (χ4v) is 2.99. The van der Waals surface area contributed by atoms with Gasteiger partial charge in [-0.3, -0.25) is 0 Å². The molecule has 1 aliphatic heterocycles. The van der Waals surface area contributed by atoms with Gasteiger partial charge in [0.2, 0.25) is 0 Å². The lowest BCUT2D eigenvalue weighted by atomic mass is 9.96. The molecule has 1 aliphatic rings. The third-order valence-electron chi connectivity index (χ3n) is 4.13. The molecule has 2 heteroatoms. The third-order valence-corrected chi connectivity index (χ3v) is 4.13. The number of ether oxygens (including phenoxy) is 1. The van der Waals surface area contributed by atoms with Gasteiger partial charge < -0.3 is 10.5 Å². The van der Waals surface area contributed by atoms with Crippen molar-refractivity contribution in [2.45, 2.75) is 77.4 Å². The van der Waals surface area contributed by atoms with Crippen LogP contribution in [0.3, 0.4) is 0 Å². The Morgan fingerprint density at radius 2 is 1.95 bits per heavy atom. The zero-order valence-corrected chi connectivity index (χ0v) is 13.2. The van der Waals surface area contributed by atoms with Gasteiger partial charge in [0.05, 0.1) is 0 Å². The van der Waals surface area contributed by atoms with Gasteiger partial charge in [-0.25, -0.2) is 0 Å². The van der Waals surface area contributed by atoms with Crippen LogP contribution in [0, 0.1) is 0 Å². The first kappa shape index (κ1) is 15.4. The molecular weight excluding hydrogens is 246 g/mol. The lowest BCUT2D eigenvalue weighted by molar-refractivity contribution is 0.138.